The number of aromatic nitrogens is 1. The predicted octanol–water partition coefficient (Wildman–Crippen LogP) is 4.06. The first-order valence-electron chi connectivity index (χ1n) is 8.88. The molecule has 0 aliphatic carbocycles. The fourth-order valence-electron chi connectivity index (χ4n) is 3.70. The van der Waals surface area contributed by atoms with Crippen molar-refractivity contribution in [1.82, 2.24) is 15.2 Å². The lowest BCUT2D eigenvalue weighted by Crippen LogP contribution is -2.45. The van der Waals surface area contributed by atoms with Crippen molar-refractivity contribution in [2.75, 3.05) is 26.2 Å². The Morgan fingerprint density at radius 2 is 1.67 bits per heavy atom. The van der Waals surface area contributed by atoms with Crippen LogP contribution in [0.2, 0.25) is 0 Å². The Balaban J connectivity index is 1.72. The molecule has 2 aromatic carbocycles. The van der Waals surface area contributed by atoms with Crippen molar-refractivity contribution in [2.24, 2.45) is 0 Å². The fraction of sp³-hybridized carbons (Fsp3) is 0.300. The Kier molecular flexibility index (Phi) is 4.80. The number of hydrogen-bond donors (Lipinski definition) is 2. The third kappa shape index (κ3) is 3.94. The third-order valence-electron chi connectivity index (χ3n) is 4.86. The van der Waals surface area contributed by atoms with Gasteiger partial charge in [0.2, 0.25) is 0 Å². The van der Waals surface area contributed by atoms with Crippen LogP contribution >= 0.6 is 0 Å². The van der Waals surface area contributed by atoms with Crippen LogP contribution in [-0.4, -0.2) is 42.4 Å². The molecule has 1 atom stereocenters. The first-order valence-corrected chi connectivity index (χ1v) is 8.88. The number of nitrogens with one attached hydrogen (secondary N) is 2. The summed E-state index contributed by atoms with van der Waals surface area (Å²) >= 11 is 0. The molecule has 3 aromatic rings. The minimum absolute atomic E-state index is 0.0387. The van der Waals surface area contributed by atoms with Gasteiger partial charge in [-0.1, -0.05) is 30.3 Å². The maximum Gasteiger partial charge on any atom is 0.573 e. The number of hydrogen-bond acceptors (Lipinski definition) is 3. The SMILES string of the molecule is FC(F)(F)Oc1ccc([C@@H](c2c[nH]c3ccccc23)N2CCNCC2)cc1. The molecule has 0 spiro atoms. The molecule has 1 fully saturated rings. The molecule has 27 heavy (non-hydrogen) atoms. The minimum Gasteiger partial charge on any atom is -0.406 e. The zero-order valence-electron chi connectivity index (χ0n) is 14.6. The van der Waals surface area contributed by atoms with E-state index in [9.17, 15) is 13.2 Å². The summed E-state index contributed by atoms with van der Waals surface area (Å²) in [6.45, 7) is 3.50. The molecule has 0 amide bonds. The highest BCUT2D eigenvalue weighted by Crippen LogP contribution is 2.35. The van der Waals surface area contributed by atoms with Crippen molar-refractivity contribution < 1.29 is 17.9 Å². The maximum absolute atomic E-state index is 12.4. The van der Waals surface area contributed by atoms with Crippen LogP contribution in [0.4, 0.5) is 13.2 Å². The van der Waals surface area contributed by atoms with Gasteiger partial charge in [-0.05, 0) is 29.3 Å². The van der Waals surface area contributed by atoms with Gasteiger partial charge in [0.25, 0.3) is 0 Å². The van der Waals surface area contributed by atoms with Crippen LogP contribution in [0.5, 0.6) is 5.75 Å². The summed E-state index contributed by atoms with van der Waals surface area (Å²) in [6.07, 6.45) is -2.69. The number of alkyl halides is 3. The Labute approximate surface area is 154 Å². The summed E-state index contributed by atoms with van der Waals surface area (Å²) in [5.41, 5.74) is 3.11. The fourth-order valence-corrected chi connectivity index (χ4v) is 3.70. The van der Waals surface area contributed by atoms with Crippen LogP contribution in [-0.2, 0) is 0 Å². The summed E-state index contributed by atoms with van der Waals surface area (Å²) in [6, 6.07) is 14.2. The van der Waals surface area contributed by atoms with Gasteiger partial charge >= 0.3 is 6.36 Å². The minimum atomic E-state index is -4.68. The Morgan fingerprint density at radius 3 is 2.37 bits per heavy atom. The van der Waals surface area contributed by atoms with E-state index in [1.54, 1.807) is 12.1 Å². The van der Waals surface area contributed by atoms with Crippen molar-refractivity contribution in [3.63, 3.8) is 0 Å². The molecule has 2 heterocycles. The molecule has 0 radical (unpaired) electrons. The van der Waals surface area contributed by atoms with E-state index in [1.807, 2.05) is 24.4 Å². The predicted molar refractivity (Wildman–Crippen MR) is 97.7 cm³/mol. The number of piperazine rings is 1. The number of fused-ring (bicyclic) bond motifs is 1. The van der Waals surface area contributed by atoms with E-state index in [0.717, 1.165) is 48.2 Å². The van der Waals surface area contributed by atoms with Gasteiger partial charge in [0, 0.05) is 43.3 Å². The summed E-state index contributed by atoms with van der Waals surface area (Å²) in [5, 5.41) is 4.47. The van der Waals surface area contributed by atoms with Crippen molar-refractivity contribution in [1.29, 1.82) is 0 Å². The molecule has 4 rings (SSSR count). The molecule has 2 N–H and O–H groups in total. The average Bonchev–Trinajstić information content (AvgIpc) is 3.07. The van der Waals surface area contributed by atoms with E-state index in [1.165, 1.54) is 12.1 Å². The van der Waals surface area contributed by atoms with Gasteiger partial charge in [-0.3, -0.25) is 4.90 Å². The Morgan fingerprint density at radius 1 is 0.963 bits per heavy atom. The summed E-state index contributed by atoms with van der Waals surface area (Å²) in [4.78, 5) is 5.66. The largest absolute Gasteiger partial charge is 0.573 e. The average molecular weight is 375 g/mol. The number of aromatic amines is 1. The molecule has 7 heteroatoms. The van der Waals surface area contributed by atoms with Crippen molar-refractivity contribution >= 4 is 10.9 Å². The Bertz CT molecular complexity index is 899. The lowest BCUT2D eigenvalue weighted by Gasteiger charge is -2.35. The number of halogens is 3. The number of nitrogens with zero attached hydrogens (tertiary/aromatic N) is 1. The van der Waals surface area contributed by atoms with E-state index < -0.39 is 6.36 Å². The summed E-state index contributed by atoms with van der Waals surface area (Å²) in [7, 11) is 0. The standard InChI is InChI=1S/C20H20F3N3O/c21-20(22,23)27-15-7-5-14(6-8-15)19(26-11-9-24-10-12-26)17-13-25-18-4-2-1-3-16(17)18/h1-8,13,19,24-25H,9-12H2/t19-/m0/s1. The molecule has 0 saturated carbocycles. The maximum atomic E-state index is 12.4. The van der Waals surface area contributed by atoms with E-state index in [0.29, 0.717) is 0 Å². The lowest BCUT2D eigenvalue weighted by molar-refractivity contribution is -0.274. The highest BCUT2D eigenvalue weighted by atomic mass is 19.4. The van der Waals surface area contributed by atoms with Crippen molar-refractivity contribution in [3.8, 4) is 5.75 Å². The molecule has 142 valence electrons. The van der Waals surface area contributed by atoms with Crippen LogP contribution in [0.15, 0.2) is 54.7 Å². The van der Waals surface area contributed by atoms with Crippen molar-refractivity contribution in [3.05, 3.63) is 65.9 Å². The molecule has 1 aliphatic rings. The van der Waals surface area contributed by atoms with Gasteiger partial charge in [-0.25, -0.2) is 0 Å². The second-order valence-corrected chi connectivity index (χ2v) is 6.59. The van der Waals surface area contributed by atoms with Gasteiger partial charge in [0.1, 0.15) is 5.75 Å². The van der Waals surface area contributed by atoms with E-state index >= 15 is 0 Å². The third-order valence-corrected chi connectivity index (χ3v) is 4.86. The van der Waals surface area contributed by atoms with E-state index in [4.69, 9.17) is 0 Å². The van der Waals surface area contributed by atoms with Crippen LogP contribution in [0.25, 0.3) is 10.9 Å². The van der Waals surface area contributed by atoms with E-state index in [-0.39, 0.29) is 11.8 Å². The topological polar surface area (TPSA) is 40.3 Å². The Hall–Kier alpha value is -2.51. The molecule has 4 nitrogen and oxygen atoms in total. The van der Waals surface area contributed by atoms with Gasteiger partial charge in [0.05, 0.1) is 6.04 Å². The molecule has 1 aliphatic heterocycles. The van der Waals surface area contributed by atoms with Gasteiger partial charge < -0.3 is 15.0 Å². The second-order valence-electron chi connectivity index (χ2n) is 6.59. The van der Waals surface area contributed by atoms with Crippen LogP contribution in [0.3, 0.4) is 0 Å². The van der Waals surface area contributed by atoms with Gasteiger partial charge in [-0.15, -0.1) is 13.2 Å². The van der Waals surface area contributed by atoms with Gasteiger partial charge in [-0.2, -0.15) is 0 Å². The summed E-state index contributed by atoms with van der Waals surface area (Å²) in [5.74, 6) is -0.204. The smallest absolute Gasteiger partial charge is 0.406 e. The molecule has 0 unspecified atom stereocenters. The second kappa shape index (κ2) is 7.25. The summed E-state index contributed by atoms with van der Waals surface area (Å²) < 4.78 is 41.4. The molecular formula is C20H20F3N3O. The monoisotopic (exact) mass is 375 g/mol. The quantitative estimate of drug-likeness (QED) is 0.723. The molecule has 1 aromatic heterocycles. The lowest BCUT2D eigenvalue weighted by atomic mass is 9.96. The van der Waals surface area contributed by atoms with Crippen molar-refractivity contribution in [2.45, 2.75) is 12.4 Å². The molecule has 1 saturated heterocycles. The van der Waals surface area contributed by atoms with Crippen LogP contribution in [0.1, 0.15) is 17.2 Å². The number of ether oxygens (including phenoxy) is 1. The zero-order valence-corrected chi connectivity index (χ0v) is 14.6. The molecular weight excluding hydrogens is 355 g/mol. The normalized spacial score (nSPS) is 17.1. The molecule has 0 bridgehead atoms. The van der Waals surface area contributed by atoms with Crippen LogP contribution < -0.4 is 10.1 Å². The number of para-hydroxylation sites is 1. The number of H-pyrrole nitrogens is 1. The van der Waals surface area contributed by atoms with Gasteiger partial charge in [0.15, 0.2) is 0 Å². The highest BCUT2D eigenvalue weighted by Gasteiger charge is 2.31. The van der Waals surface area contributed by atoms with Crippen LogP contribution in [0, 0.1) is 0 Å². The number of benzene rings is 2. The number of rotatable bonds is 4. The highest BCUT2D eigenvalue weighted by molar-refractivity contribution is 5.84. The van der Waals surface area contributed by atoms with E-state index in [2.05, 4.69) is 26.0 Å². The first-order chi connectivity index (χ1) is 13.0. The zero-order chi connectivity index (χ0) is 18.9. The first kappa shape index (κ1) is 17.9.